The standard InChI is InChI=1S/C16H21FN2O.ClH/c17-14-4-5-15-13(10-14)2-1-9-19(15)16(20)6-3-12-7-8-18-11-12;/h4-5,10,12,18H,1-3,6-9,11H2;1H. The van der Waals surface area contributed by atoms with Gasteiger partial charge in [-0.05, 0) is 68.5 Å². The van der Waals surface area contributed by atoms with Crippen molar-refractivity contribution in [3.8, 4) is 0 Å². The average molecular weight is 313 g/mol. The number of hydrogen-bond donors (Lipinski definition) is 1. The Labute approximate surface area is 131 Å². The molecular formula is C16H22ClFN2O. The van der Waals surface area contributed by atoms with Crippen LogP contribution in [0.3, 0.4) is 0 Å². The van der Waals surface area contributed by atoms with Gasteiger partial charge in [0.05, 0.1) is 0 Å². The lowest BCUT2D eigenvalue weighted by Gasteiger charge is -2.30. The second-order valence-corrected chi connectivity index (χ2v) is 5.82. The molecule has 0 aromatic heterocycles. The van der Waals surface area contributed by atoms with Crippen LogP contribution in [0.1, 0.15) is 31.2 Å². The first-order chi connectivity index (χ1) is 9.74. The Balaban J connectivity index is 0.00000161. The molecule has 1 unspecified atom stereocenters. The van der Waals surface area contributed by atoms with Crippen molar-refractivity contribution in [2.45, 2.75) is 32.1 Å². The highest BCUT2D eigenvalue weighted by molar-refractivity contribution is 5.94. The van der Waals surface area contributed by atoms with Gasteiger partial charge in [-0.2, -0.15) is 0 Å². The summed E-state index contributed by atoms with van der Waals surface area (Å²) in [5.41, 5.74) is 1.87. The molecule has 0 spiro atoms. The van der Waals surface area contributed by atoms with Crippen LogP contribution in [-0.4, -0.2) is 25.5 Å². The van der Waals surface area contributed by atoms with E-state index in [9.17, 15) is 9.18 Å². The molecule has 0 saturated carbocycles. The van der Waals surface area contributed by atoms with Gasteiger partial charge in [-0.25, -0.2) is 4.39 Å². The zero-order valence-corrected chi connectivity index (χ0v) is 12.9. The lowest BCUT2D eigenvalue weighted by Crippen LogP contribution is -2.35. The van der Waals surface area contributed by atoms with Crippen LogP contribution in [-0.2, 0) is 11.2 Å². The smallest absolute Gasteiger partial charge is 0.226 e. The van der Waals surface area contributed by atoms with Crippen LogP contribution in [0.4, 0.5) is 10.1 Å². The summed E-state index contributed by atoms with van der Waals surface area (Å²) in [4.78, 5) is 14.3. The van der Waals surface area contributed by atoms with E-state index < -0.39 is 0 Å². The van der Waals surface area contributed by atoms with Gasteiger partial charge in [-0.1, -0.05) is 0 Å². The molecular weight excluding hydrogens is 291 g/mol. The van der Waals surface area contributed by atoms with Crippen molar-refractivity contribution in [3.05, 3.63) is 29.6 Å². The number of halogens is 2. The van der Waals surface area contributed by atoms with Crippen LogP contribution in [0.5, 0.6) is 0 Å². The highest BCUT2D eigenvalue weighted by Crippen LogP contribution is 2.29. The van der Waals surface area contributed by atoms with E-state index >= 15 is 0 Å². The van der Waals surface area contributed by atoms with Gasteiger partial charge >= 0.3 is 0 Å². The lowest BCUT2D eigenvalue weighted by atomic mass is 9.99. The van der Waals surface area contributed by atoms with Crippen LogP contribution >= 0.6 is 12.4 Å². The zero-order valence-electron chi connectivity index (χ0n) is 12.1. The molecule has 21 heavy (non-hydrogen) atoms. The number of carbonyl (C=O) groups is 1. The Morgan fingerprint density at radius 2 is 2.29 bits per heavy atom. The summed E-state index contributed by atoms with van der Waals surface area (Å²) in [5, 5.41) is 3.33. The molecule has 2 heterocycles. The minimum atomic E-state index is -0.213. The van der Waals surface area contributed by atoms with Crippen LogP contribution < -0.4 is 10.2 Å². The maximum absolute atomic E-state index is 13.3. The Morgan fingerprint density at radius 1 is 1.43 bits per heavy atom. The van der Waals surface area contributed by atoms with Crippen molar-refractivity contribution < 1.29 is 9.18 Å². The number of anilines is 1. The summed E-state index contributed by atoms with van der Waals surface area (Å²) in [5.74, 6) is 0.607. The number of nitrogens with zero attached hydrogens (tertiary/aromatic N) is 1. The summed E-state index contributed by atoms with van der Waals surface area (Å²) in [7, 11) is 0. The van der Waals surface area contributed by atoms with Gasteiger partial charge < -0.3 is 10.2 Å². The maximum Gasteiger partial charge on any atom is 0.226 e. The normalized spacial score (nSPS) is 20.8. The first kappa shape index (κ1) is 16.2. The van der Waals surface area contributed by atoms with Gasteiger partial charge in [0.1, 0.15) is 5.82 Å². The molecule has 1 amide bonds. The fourth-order valence-corrected chi connectivity index (χ4v) is 3.25. The van der Waals surface area contributed by atoms with E-state index in [1.807, 2.05) is 4.90 Å². The van der Waals surface area contributed by atoms with E-state index in [0.717, 1.165) is 50.1 Å². The molecule has 116 valence electrons. The van der Waals surface area contributed by atoms with Crippen LogP contribution in [0.15, 0.2) is 18.2 Å². The van der Waals surface area contributed by atoms with E-state index in [-0.39, 0.29) is 24.1 Å². The van der Waals surface area contributed by atoms with E-state index in [1.54, 1.807) is 12.1 Å². The number of aryl methyl sites for hydroxylation is 1. The molecule has 3 rings (SSSR count). The van der Waals surface area contributed by atoms with Crippen LogP contribution in [0, 0.1) is 11.7 Å². The largest absolute Gasteiger partial charge is 0.316 e. The van der Waals surface area contributed by atoms with Gasteiger partial charge in [-0.3, -0.25) is 4.79 Å². The van der Waals surface area contributed by atoms with Crippen molar-refractivity contribution in [2.24, 2.45) is 5.92 Å². The summed E-state index contributed by atoms with van der Waals surface area (Å²) >= 11 is 0. The van der Waals surface area contributed by atoms with E-state index in [0.29, 0.717) is 12.3 Å². The van der Waals surface area contributed by atoms with Crippen LogP contribution in [0.2, 0.25) is 0 Å². The van der Waals surface area contributed by atoms with Crippen molar-refractivity contribution in [1.29, 1.82) is 0 Å². The third kappa shape index (κ3) is 3.74. The SMILES string of the molecule is Cl.O=C(CCC1CCNC1)N1CCCc2cc(F)ccc21. The lowest BCUT2D eigenvalue weighted by molar-refractivity contribution is -0.119. The molecule has 0 radical (unpaired) electrons. The average Bonchev–Trinajstić information content (AvgIpc) is 2.97. The minimum absolute atomic E-state index is 0. The topological polar surface area (TPSA) is 32.3 Å². The van der Waals surface area contributed by atoms with Gasteiger partial charge in [0, 0.05) is 18.7 Å². The highest BCUT2D eigenvalue weighted by atomic mass is 35.5. The Hall–Kier alpha value is -1.13. The molecule has 1 aromatic carbocycles. The molecule has 0 bridgehead atoms. The summed E-state index contributed by atoms with van der Waals surface area (Å²) in [6.45, 7) is 2.88. The molecule has 2 aliphatic rings. The number of hydrogen-bond acceptors (Lipinski definition) is 2. The Bertz CT molecular complexity index is 503. The quantitative estimate of drug-likeness (QED) is 0.931. The van der Waals surface area contributed by atoms with Crippen molar-refractivity contribution in [2.75, 3.05) is 24.5 Å². The number of fused-ring (bicyclic) bond motifs is 1. The number of carbonyl (C=O) groups excluding carboxylic acids is 1. The minimum Gasteiger partial charge on any atom is -0.316 e. The van der Waals surface area contributed by atoms with Gasteiger partial charge in [0.2, 0.25) is 5.91 Å². The van der Waals surface area contributed by atoms with Crippen molar-refractivity contribution in [1.82, 2.24) is 5.32 Å². The van der Waals surface area contributed by atoms with Gasteiger partial charge in [-0.15, -0.1) is 12.4 Å². The fraction of sp³-hybridized carbons (Fsp3) is 0.562. The predicted octanol–water partition coefficient (Wildman–Crippen LogP) is 2.92. The predicted molar refractivity (Wildman–Crippen MR) is 84.5 cm³/mol. The van der Waals surface area contributed by atoms with E-state index in [1.165, 1.54) is 12.5 Å². The number of benzene rings is 1. The summed E-state index contributed by atoms with van der Waals surface area (Å²) in [6, 6.07) is 4.76. The molecule has 1 saturated heterocycles. The summed E-state index contributed by atoms with van der Waals surface area (Å²) < 4.78 is 13.3. The van der Waals surface area contributed by atoms with Crippen molar-refractivity contribution >= 4 is 24.0 Å². The van der Waals surface area contributed by atoms with Gasteiger partial charge in [0.15, 0.2) is 0 Å². The maximum atomic E-state index is 13.3. The monoisotopic (exact) mass is 312 g/mol. The Morgan fingerprint density at radius 3 is 3.05 bits per heavy atom. The van der Waals surface area contributed by atoms with Crippen LogP contribution in [0.25, 0.3) is 0 Å². The highest BCUT2D eigenvalue weighted by Gasteiger charge is 2.24. The number of nitrogens with one attached hydrogen (secondary N) is 1. The first-order valence-corrected chi connectivity index (χ1v) is 7.53. The van der Waals surface area contributed by atoms with E-state index in [2.05, 4.69) is 5.32 Å². The molecule has 1 aromatic rings. The summed E-state index contributed by atoms with van der Waals surface area (Å²) in [6.07, 6.45) is 4.52. The fourth-order valence-electron chi connectivity index (χ4n) is 3.25. The molecule has 2 aliphatic heterocycles. The molecule has 3 nitrogen and oxygen atoms in total. The Kier molecular flexibility index (Phi) is 5.59. The molecule has 1 atom stereocenters. The molecule has 5 heteroatoms. The number of rotatable bonds is 3. The van der Waals surface area contributed by atoms with Crippen molar-refractivity contribution in [3.63, 3.8) is 0 Å². The second kappa shape index (κ2) is 7.23. The zero-order chi connectivity index (χ0) is 13.9. The third-order valence-corrected chi connectivity index (χ3v) is 4.39. The van der Waals surface area contributed by atoms with E-state index in [4.69, 9.17) is 0 Å². The van der Waals surface area contributed by atoms with Gasteiger partial charge in [0.25, 0.3) is 0 Å². The number of amides is 1. The molecule has 0 aliphatic carbocycles. The second-order valence-electron chi connectivity index (χ2n) is 5.82. The molecule has 1 fully saturated rings. The third-order valence-electron chi connectivity index (χ3n) is 4.39. The molecule has 1 N–H and O–H groups in total. The first-order valence-electron chi connectivity index (χ1n) is 7.53.